The van der Waals surface area contributed by atoms with Crippen LogP contribution in [-0.4, -0.2) is 0 Å². The smallest absolute Gasteiger partial charge is 0.249 e. The van der Waals surface area contributed by atoms with Crippen molar-refractivity contribution < 1.29 is 8.76 Å². The Morgan fingerprint density at radius 2 is 1.72 bits per heavy atom. The molecule has 1 atom stereocenters. The van der Waals surface area contributed by atoms with Gasteiger partial charge < -0.3 is 0 Å². The van der Waals surface area contributed by atoms with E-state index in [0.29, 0.717) is 5.92 Å². The van der Waals surface area contributed by atoms with Gasteiger partial charge in [-0.15, -0.1) is 0 Å². The normalized spacial score (nSPS) is 17.3. The maximum atomic E-state index is 12.6. The van der Waals surface area contributed by atoms with E-state index in [4.69, 9.17) is 4.20 Å². The Morgan fingerprint density at radius 3 is 2.44 bits per heavy atom. The third kappa shape index (κ3) is 3.02. The first-order chi connectivity index (χ1) is 11.9. The Bertz CT molecular complexity index is 988. The minimum atomic E-state index is -1.83. The average Bonchev–Trinajstić information content (AvgIpc) is 2.61. The van der Waals surface area contributed by atoms with Crippen LogP contribution in [0.4, 0.5) is 0 Å². The minimum Gasteiger partial charge on any atom is -0.249 e. The predicted molar refractivity (Wildman–Crippen MR) is 106 cm³/mol. The summed E-state index contributed by atoms with van der Waals surface area (Å²) in [5.41, 5.74) is 3.39. The zero-order valence-corrected chi connectivity index (χ0v) is 16.2. The molecular formula is C22H26O2P+. The van der Waals surface area contributed by atoms with Crippen molar-refractivity contribution in [3.05, 3.63) is 47.5 Å². The number of hydrogen-bond donors (Lipinski definition) is 0. The Balaban J connectivity index is 2.08. The maximum Gasteiger partial charge on any atom is 0.597 e. The van der Waals surface area contributed by atoms with E-state index in [1.807, 2.05) is 18.2 Å². The van der Waals surface area contributed by atoms with Gasteiger partial charge in [0, 0.05) is 16.3 Å². The summed E-state index contributed by atoms with van der Waals surface area (Å²) in [6.07, 6.45) is 6.56. The van der Waals surface area contributed by atoms with E-state index in [-0.39, 0.29) is 5.41 Å². The molecule has 130 valence electrons. The lowest BCUT2D eigenvalue weighted by Crippen LogP contribution is -2.13. The second-order valence-corrected chi connectivity index (χ2v) is 9.57. The van der Waals surface area contributed by atoms with Gasteiger partial charge in [-0.3, -0.25) is 0 Å². The van der Waals surface area contributed by atoms with Crippen molar-refractivity contribution in [2.45, 2.75) is 64.2 Å². The van der Waals surface area contributed by atoms with E-state index in [2.05, 4.69) is 39.0 Å². The van der Waals surface area contributed by atoms with Crippen LogP contribution in [0.1, 0.15) is 69.9 Å². The fraction of sp³-hybridized carbons (Fsp3) is 0.455. The van der Waals surface area contributed by atoms with Crippen LogP contribution >= 0.6 is 7.65 Å². The predicted octanol–water partition coefficient (Wildman–Crippen LogP) is 7.67. The van der Waals surface area contributed by atoms with Crippen LogP contribution in [0.5, 0.6) is 0 Å². The summed E-state index contributed by atoms with van der Waals surface area (Å²) < 4.78 is 18.6. The Labute approximate surface area is 150 Å². The lowest BCUT2D eigenvalue weighted by Gasteiger charge is -2.26. The molecule has 1 heterocycles. The molecule has 1 aromatic heterocycles. The summed E-state index contributed by atoms with van der Waals surface area (Å²) in [7, 11) is -1.83. The van der Waals surface area contributed by atoms with Gasteiger partial charge in [0.25, 0.3) is 0 Å². The van der Waals surface area contributed by atoms with E-state index >= 15 is 0 Å². The molecule has 2 nitrogen and oxygen atoms in total. The van der Waals surface area contributed by atoms with Gasteiger partial charge in [0.15, 0.2) is 5.58 Å². The molecule has 0 radical (unpaired) electrons. The molecule has 1 fully saturated rings. The first kappa shape index (κ1) is 16.8. The molecule has 1 aliphatic rings. The third-order valence-electron chi connectivity index (χ3n) is 5.56. The number of hydrogen-bond acceptors (Lipinski definition) is 2. The van der Waals surface area contributed by atoms with Crippen LogP contribution in [0.3, 0.4) is 0 Å². The number of rotatable bonds is 1. The van der Waals surface area contributed by atoms with Gasteiger partial charge >= 0.3 is 7.65 Å². The van der Waals surface area contributed by atoms with Gasteiger partial charge in [0.2, 0.25) is 5.12 Å². The minimum absolute atomic E-state index is 0.0444. The highest BCUT2D eigenvalue weighted by Gasteiger charge is 2.27. The Morgan fingerprint density at radius 1 is 1.00 bits per heavy atom. The van der Waals surface area contributed by atoms with Gasteiger partial charge in [-0.05, 0) is 52.5 Å². The van der Waals surface area contributed by atoms with Crippen LogP contribution in [0, 0.1) is 0 Å². The van der Waals surface area contributed by atoms with E-state index in [1.54, 1.807) is 0 Å². The summed E-state index contributed by atoms with van der Waals surface area (Å²) in [5.74, 6) is 0.642. The zero-order chi connectivity index (χ0) is 17.6. The van der Waals surface area contributed by atoms with Crippen molar-refractivity contribution in [3.63, 3.8) is 0 Å². The van der Waals surface area contributed by atoms with Gasteiger partial charge in [0.05, 0.1) is 0 Å². The fourth-order valence-electron chi connectivity index (χ4n) is 4.17. The lowest BCUT2D eigenvalue weighted by atomic mass is 9.79. The second kappa shape index (κ2) is 6.25. The number of fused-ring (bicyclic) bond motifs is 3. The first-order valence-corrected chi connectivity index (χ1v) is 10.6. The van der Waals surface area contributed by atoms with Crippen molar-refractivity contribution >= 4 is 29.1 Å². The van der Waals surface area contributed by atoms with Crippen molar-refractivity contribution in [1.82, 2.24) is 0 Å². The van der Waals surface area contributed by atoms with Crippen LogP contribution in [-0.2, 0) is 9.98 Å². The molecule has 0 amide bonds. The van der Waals surface area contributed by atoms with Gasteiger partial charge in [-0.1, -0.05) is 58.2 Å². The van der Waals surface area contributed by atoms with Gasteiger partial charge in [-0.25, -0.2) is 4.20 Å². The molecular weight excluding hydrogens is 327 g/mol. The van der Waals surface area contributed by atoms with Crippen molar-refractivity contribution in [3.8, 4) is 0 Å². The monoisotopic (exact) mass is 353 g/mol. The first-order valence-electron chi connectivity index (χ1n) is 9.38. The van der Waals surface area contributed by atoms with Crippen molar-refractivity contribution in [1.29, 1.82) is 0 Å². The molecule has 2 aromatic carbocycles. The molecule has 4 rings (SSSR count). The SMILES string of the molecule is CC(C)(C)c1cc(C2CCCCC2)cc2c1o[p+](=O)c1ccccc21. The molecule has 0 N–H and O–H groups in total. The van der Waals surface area contributed by atoms with Crippen molar-refractivity contribution in [2.75, 3.05) is 0 Å². The second-order valence-electron chi connectivity index (χ2n) is 8.40. The molecule has 0 saturated heterocycles. The highest BCUT2D eigenvalue weighted by Crippen LogP contribution is 2.43. The molecule has 1 unspecified atom stereocenters. The van der Waals surface area contributed by atoms with Crippen LogP contribution in [0.2, 0.25) is 0 Å². The van der Waals surface area contributed by atoms with E-state index < -0.39 is 7.65 Å². The molecule has 0 bridgehead atoms. The molecule has 3 aromatic rings. The summed E-state index contributed by atoms with van der Waals surface area (Å²) in [5, 5.41) is 3.02. The molecule has 0 spiro atoms. The number of benzene rings is 2. The van der Waals surface area contributed by atoms with Gasteiger partial charge in [-0.2, -0.15) is 0 Å². The largest absolute Gasteiger partial charge is 0.597 e. The van der Waals surface area contributed by atoms with Gasteiger partial charge in [0.1, 0.15) is 0 Å². The van der Waals surface area contributed by atoms with Crippen LogP contribution in [0.15, 0.2) is 40.6 Å². The maximum absolute atomic E-state index is 12.6. The summed E-state index contributed by atoms with van der Waals surface area (Å²) in [6, 6.07) is 12.6. The molecule has 1 aliphatic carbocycles. The molecule has 3 heteroatoms. The van der Waals surface area contributed by atoms with E-state index in [9.17, 15) is 4.57 Å². The quantitative estimate of drug-likeness (QED) is 0.420. The Hall–Kier alpha value is -1.66. The Kier molecular flexibility index (Phi) is 4.20. The summed E-state index contributed by atoms with van der Waals surface area (Å²) in [6.45, 7) is 6.64. The highest BCUT2D eigenvalue weighted by molar-refractivity contribution is 7.37. The molecule has 1 saturated carbocycles. The average molecular weight is 353 g/mol. The van der Waals surface area contributed by atoms with E-state index in [0.717, 1.165) is 21.5 Å². The third-order valence-corrected chi connectivity index (χ3v) is 6.69. The molecule has 0 aliphatic heterocycles. The topological polar surface area (TPSA) is 30.2 Å². The van der Waals surface area contributed by atoms with E-state index in [1.165, 1.54) is 43.2 Å². The summed E-state index contributed by atoms with van der Waals surface area (Å²) >= 11 is 0. The highest BCUT2D eigenvalue weighted by atomic mass is 31.1. The zero-order valence-electron chi connectivity index (χ0n) is 15.3. The van der Waals surface area contributed by atoms with Crippen LogP contribution < -0.4 is 0 Å². The standard InChI is InChI=1S/C22H26O2P/c1-22(2,3)19-14-16(15-9-5-4-6-10-15)13-18-17-11-7-8-12-20(17)25(23)24-21(18)19/h7-8,11-15H,4-6,9-10H2,1-3H3/q+1. The molecule has 25 heavy (non-hydrogen) atoms. The lowest BCUT2D eigenvalue weighted by molar-refractivity contribution is 0.443. The summed E-state index contributed by atoms with van der Waals surface area (Å²) in [4.78, 5) is 0. The van der Waals surface area contributed by atoms with Crippen molar-refractivity contribution in [2.24, 2.45) is 0 Å². The fourth-order valence-corrected chi connectivity index (χ4v) is 5.23. The van der Waals surface area contributed by atoms with Crippen LogP contribution in [0.25, 0.3) is 21.5 Å².